The standard InChI is InChI=1S/C11H11N3O3S/c15-11(16)7-4-14(5-7)6-9-12-10(17-13-9)8-2-1-3-18-8/h1-3,7H,4-6H2,(H,15,16). The predicted octanol–water partition coefficient (Wildman–Crippen LogP) is 1.31. The minimum atomic E-state index is -0.737. The summed E-state index contributed by atoms with van der Waals surface area (Å²) in [4.78, 5) is 17.9. The highest BCUT2D eigenvalue weighted by Crippen LogP contribution is 2.23. The van der Waals surface area contributed by atoms with Crippen molar-refractivity contribution in [3.05, 3.63) is 23.3 Å². The van der Waals surface area contributed by atoms with Crippen molar-refractivity contribution in [2.45, 2.75) is 6.54 Å². The maximum atomic E-state index is 10.7. The van der Waals surface area contributed by atoms with E-state index in [4.69, 9.17) is 9.63 Å². The van der Waals surface area contributed by atoms with Gasteiger partial charge in [-0.05, 0) is 11.4 Å². The van der Waals surface area contributed by atoms with Gasteiger partial charge in [0, 0.05) is 13.1 Å². The molecule has 1 aliphatic heterocycles. The molecule has 1 fully saturated rings. The molecule has 0 aliphatic carbocycles. The number of carboxylic acids is 1. The predicted molar refractivity (Wildman–Crippen MR) is 64.0 cm³/mol. The molecule has 0 unspecified atom stereocenters. The molecule has 0 bridgehead atoms. The molecular weight excluding hydrogens is 254 g/mol. The molecule has 2 aromatic heterocycles. The third kappa shape index (κ3) is 2.14. The number of aliphatic carboxylic acids is 1. The Labute approximate surface area is 107 Å². The van der Waals surface area contributed by atoms with Crippen LogP contribution in [0.15, 0.2) is 22.0 Å². The van der Waals surface area contributed by atoms with Gasteiger partial charge >= 0.3 is 5.97 Å². The maximum absolute atomic E-state index is 10.7. The highest BCUT2D eigenvalue weighted by molar-refractivity contribution is 7.13. The summed E-state index contributed by atoms with van der Waals surface area (Å²) in [6.07, 6.45) is 0. The number of aromatic nitrogens is 2. The first kappa shape index (κ1) is 11.4. The van der Waals surface area contributed by atoms with E-state index in [0.29, 0.717) is 31.3 Å². The fraction of sp³-hybridized carbons (Fsp3) is 0.364. The number of carbonyl (C=O) groups is 1. The Balaban J connectivity index is 1.60. The van der Waals surface area contributed by atoms with Crippen LogP contribution >= 0.6 is 11.3 Å². The quantitative estimate of drug-likeness (QED) is 0.898. The number of carboxylic acid groups (broad SMARTS) is 1. The number of hydrogen-bond donors (Lipinski definition) is 1. The summed E-state index contributed by atoms with van der Waals surface area (Å²) in [6.45, 7) is 1.65. The van der Waals surface area contributed by atoms with Gasteiger partial charge in [-0.1, -0.05) is 11.2 Å². The molecule has 0 atom stereocenters. The highest BCUT2D eigenvalue weighted by Gasteiger charge is 2.33. The van der Waals surface area contributed by atoms with Crippen LogP contribution in [0.3, 0.4) is 0 Å². The normalized spacial score (nSPS) is 16.7. The van der Waals surface area contributed by atoms with Gasteiger partial charge in [0.15, 0.2) is 5.82 Å². The van der Waals surface area contributed by atoms with Crippen LogP contribution in [0.4, 0.5) is 0 Å². The van der Waals surface area contributed by atoms with Crippen molar-refractivity contribution in [3.63, 3.8) is 0 Å². The molecule has 0 amide bonds. The maximum Gasteiger partial charge on any atom is 0.309 e. The van der Waals surface area contributed by atoms with Crippen molar-refractivity contribution in [3.8, 4) is 10.8 Å². The van der Waals surface area contributed by atoms with Gasteiger partial charge in [-0.25, -0.2) is 0 Å². The second-order valence-corrected chi connectivity index (χ2v) is 5.17. The van der Waals surface area contributed by atoms with Crippen molar-refractivity contribution in [2.75, 3.05) is 13.1 Å². The zero-order chi connectivity index (χ0) is 12.5. The first-order chi connectivity index (χ1) is 8.72. The van der Waals surface area contributed by atoms with Crippen molar-refractivity contribution in [1.29, 1.82) is 0 Å². The highest BCUT2D eigenvalue weighted by atomic mass is 32.1. The van der Waals surface area contributed by atoms with Gasteiger partial charge in [-0.15, -0.1) is 11.3 Å². The van der Waals surface area contributed by atoms with Gasteiger partial charge < -0.3 is 9.63 Å². The Morgan fingerprint density at radius 2 is 2.44 bits per heavy atom. The summed E-state index contributed by atoms with van der Waals surface area (Å²) in [7, 11) is 0. The smallest absolute Gasteiger partial charge is 0.309 e. The topological polar surface area (TPSA) is 79.5 Å². The van der Waals surface area contributed by atoms with Gasteiger partial charge in [0.2, 0.25) is 0 Å². The lowest BCUT2D eigenvalue weighted by atomic mass is 10.0. The van der Waals surface area contributed by atoms with Gasteiger partial charge in [0.25, 0.3) is 5.89 Å². The Morgan fingerprint density at radius 1 is 1.61 bits per heavy atom. The molecule has 6 nitrogen and oxygen atoms in total. The zero-order valence-corrected chi connectivity index (χ0v) is 10.3. The molecule has 1 saturated heterocycles. The minimum absolute atomic E-state index is 0.256. The Morgan fingerprint density at radius 3 is 3.11 bits per heavy atom. The van der Waals surface area contributed by atoms with Crippen LogP contribution in [-0.2, 0) is 11.3 Å². The molecule has 1 aliphatic rings. The monoisotopic (exact) mass is 265 g/mol. The third-order valence-electron chi connectivity index (χ3n) is 2.87. The van der Waals surface area contributed by atoms with Crippen molar-refractivity contribution < 1.29 is 14.4 Å². The molecule has 7 heteroatoms. The van der Waals surface area contributed by atoms with E-state index in [1.54, 1.807) is 11.3 Å². The van der Waals surface area contributed by atoms with Gasteiger partial charge in [-0.3, -0.25) is 9.69 Å². The van der Waals surface area contributed by atoms with Crippen LogP contribution in [-0.4, -0.2) is 39.2 Å². The van der Waals surface area contributed by atoms with E-state index in [1.807, 2.05) is 22.4 Å². The molecule has 18 heavy (non-hydrogen) atoms. The molecule has 1 N–H and O–H groups in total. The van der Waals surface area contributed by atoms with Gasteiger partial charge in [-0.2, -0.15) is 4.98 Å². The van der Waals surface area contributed by atoms with E-state index in [0.717, 1.165) is 4.88 Å². The van der Waals surface area contributed by atoms with E-state index in [2.05, 4.69) is 10.1 Å². The number of hydrogen-bond acceptors (Lipinski definition) is 6. The summed E-state index contributed by atoms with van der Waals surface area (Å²) < 4.78 is 5.16. The average molecular weight is 265 g/mol. The molecule has 0 saturated carbocycles. The Kier molecular flexibility index (Phi) is 2.85. The van der Waals surface area contributed by atoms with Crippen LogP contribution in [0.1, 0.15) is 5.82 Å². The number of rotatable bonds is 4. The molecule has 3 heterocycles. The zero-order valence-electron chi connectivity index (χ0n) is 9.44. The molecule has 0 spiro atoms. The Hall–Kier alpha value is -1.73. The Bertz CT molecular complexity index is 546. The second kappa shape index (κ2) is 4.51. The lowest BCUT2D eigenvalue weighted by Gasteiger charge is -2.35. The van der Waals surface area contributed by atoms with E-state index in [9.17, 15) is 4.79 Å². The van der Waals surface area contributed by atoms with Crippen molar-refractivity contribution >= 4 is 17.3 Å². The summed E-state index contributed by atoms with van der Waals surface area (Å²) in [5.41, 5.74) is 0. The van der Waals surface area contributed by atoms with Gasteiger partial charge in [0.05, 0.1) is 17.3 Å². The lowest BCUT2D eigenvalue weighted by molar-refractivity contribution is -0.147. The molecule has 3 rings (SSSR count). The van der Waals surface area contributed by atoms with Crippen LogP contribution in [0.5, 0.6) is 0 Å². The third-order valence-corrected chi connectivity index (χ3v) is 3.73. The van der Waals surface area contributed by atoms with E-state index < -0.39 is 5.97 Å². The summed E-state index contributed by atoms with van der Waals surface area (Å²) in [5.74, 6) is 0.129. The number of thiophene rings is 1. The van der Waals surface area contributed by atoms with Crippen LogP contribution in [0, 0.1) is 5.92 Å². The van der Waals surface area contributed by atoms with Crippen LogP contribution < -0.4 is 0 Å². The molecule has 2 aromatic rings. The van der Waals surface area contributed by atoms with E-state index >= 15 is 0 Å². The summed E-state index contributed by atoms with van der Waals surface area (Å²) >= 11 is 1.54. The van der Waals surface area contributed by atoms with Crippen LogP contribution in [0.25, 0.3) is 10.8 Å². The SMILES string of the molecule is O=C(O)C1CN(Cc2noc(-c3cccs3)n2)C1. The largest absolute Gasteiger partial charge is 0.481 e. The minimum Gasteiger partial charge on any atom is -0.481 e. The van der Waals surface area contributed by atoms with Gasteiger partial charge in [0.1, 0.15) is 0 Å². The molecule has 0 aromatic carbocycles. The van der Waals surface area contributed by atoms with Crippen molar-refractivity contribution in [2.24, 2.45) is 5.92 Å². The lowest BCUT2D eigenvalue weighted by Crippen LogP contribution is -2.49. The van der Waals surface area contributed by atoms with E-state index in [1.165, 1.54) is 0 Å². The first-order valence-corrected chi connectivity index (χ1v) is 6.42. The van der Waals surface area contributed by atoms with E-state index in [-0.39, 0.29) is 5.92 Å². The van der Waals surface area contributed by atoms with Crippen molar-refractivity contribution in [1.82, 2.24) is 15.0 Å². The molecule has 0 radical (unpaired) electrons. The molecular formula is C11H11N3O3S. The summed E-state index contributed by atoms with van der Waals surface area (Å²) in [5, 5.41) is 14.6. The fourth-order valence-electron chi connectivity index (χ4n) is 1.87. The summed E-state index contributed by atoms with van der Waals surface area (Å²) in [6, 6.07) is 3.85. The second-order valence-electron chi connectivity index (χ2n) is 4.22. The number of likely N-dealkylation sites (tertiary alicyclic amines) is 1. The first-order valence-electron chi connectivity index (χ1n) is 5.54. The number of nitrogens with zero attached hydrogens (tertiary/aromatic N) is 3. The average Bonchev–Trinajstić information content (AvgIpc) is 2.92. The fourth-order valence-corrected chi connectivity index (χ4v) is 2.52. The molecule has 94 valence electrons. The van der Waals surface area contributed by atoms with Crippen LogP contribution in [0.2, 0.25) is 0 Å².